The van der Waals surface area contributed by atoms with E-state index in [4.69, 9.17) is 38.8 Å². The van der Waals surface area contributed by atoms with Crippen LogP contribution in [0.5, 0.6) is 0 Å². The third-order valence-corrected chi connectivity index (χ3v) is 3.57. The molecule has 1 unspecified atom stereocenters. The van der Waals surface area contributed by atoms with Crippen molar-refractivity contribution in [1.82, 2.24) is 15.5 Å². The lowest BCUT2D eigenvalue weighted by Gasteiger charge is -2.17. The van der Waals surface area contributed by atoms with Crippen LogP contribution >= 0.6 is 48.6 Å². The Kier molecular flexibility index (Phi) is 34.9. The fraction of sp³-hybridized carbons (Fsp3) is 0.727. The summed E-state index contributed by atoms with van der Waals surface area (Å²) >= 11 is 14.6. The fourth-order valence-corrected chi connectivity index (χ4v) is 2.75. The van der Waals surface area contributed by atoms with E-state index in [1.165, 1.54) is 24.3 Å². The molecule has 0 heterocycles. The predicted molar refractivity (Wildman–Crippen MR) is 163 cm³/mol. The van der Waals surface area contributed by atoms with Gasteiger partial charge in [0.2, 0.25) is 0 Å². The number of hydrogen-bond acceptors (Lipinski definition) is 8. The normalized spacial score (nSPS) is 10.8. The second-order valence-electron chi connectivity index (χ2n) is 8.00. The Morgan fingerprint density at radius 2 is 1.42 bits per heavy atom. The van der Waals surface area contributed by atoms with Gasteiger partial charge in [0, 0.05) is 37.3 Å². The van der Waals surface area contributed by atoms with E-state index in [-0.39, 0.29) is 12.3 Å². The highest BCUT2D eigenvalue weighted by molar-refractivity contribution is 8.20. The maximum atomic E-state index is 10.1. The molecular formula is C22H47Cl3N6O3P2. The van der Waals surface area contributed by atoms with Crippen LogP contribution < -0.4 is 10.7 Å². The first-order valence-corrected chi connectivity index (χ1v) is 16.6. The standard InChI is InChI=1S/C7H19N4P.C7H7NO3.C6H15N.C2H6.Cl3P/c1-6(2)8-10-12-11(5)9-7(3)4;9-5-6-1-3-7(4-2-6)8(10)11;1-5(2)7-6(3)4;1-2;1-4(2)3/h6-7,9,12H,1-5H3;1-4,9H,5H2;5-7H,1-4H3;1-2H3;. The van der Waals surface area contributed by atoms with Gasteiger partial charge in [-0.25, -0.2) is 10.2 Å². The summed E-state index contributed by atoms with van der Waals surface area (Å²) in [6, 6.07) is 7.79. The topological polar surface area (TPSA) is 115 Å². The average molecular weight is 612 g/mol. The summed E-state index contributed by atoms with van der Waals surface area (Å²) in [5.74, 6) is -1.20. The lowest BCUT2D eigenvalue weighted by atomic mass is 10.2. The predicted octanol–water partition coefficient (Wildman–Crippen LogP) is 8.64. The number of halogens is 3. The summed E-state index contributed by atoms with van der Waals surface area (Å²) in [6.07, 6.45) is 0. The summed E-state index contributed by atoms with van der Waals surface area (Å²) < 4.78 is 1.95. The highest BCUT2D eigenvalue weighted by Crippen LogP contribution is 2.51. The Balaban J connectivity index is -0.000000197. The van der Waals surface area contributed by atoms with Gasteiger partial charge in [-0.3, -0.25) is 10.1 Å². The van der Waals surface area contributed by atoms with Gasteiger partial charge in [-0.15, -0.1) is 0 Å². The molecule has 0 saturated heterocycles. The zero-order valence-electron chi connectivity index (χ0n) is 23.5. The van der Waals surface area contributed by atoms with Crippen molar-refractivity contribution in [3.8, 4) is 0 Å². The van der Waals surface area contributed by atoms with Crippen LogP contribution in [0.4, 0.5) is 5.69 Å². The Morgan fingerprint density at radius 1 is 1.00 bits per heavy atom. The summed E-state index contributed by atoms with van der Waals surface area (Å²) in [4.78, 5) is 13.7. The van der Waals surface area contributed by atoms with Crippen LogP contribution in [0.15, 0.2) is 34.3 Å². The Labute approximate surface area is 236 Å². The van der Waals surface area contributed by atoms with E-state index in [0.717, 1.165) is 0 Å². The molecule has 1 aromatic rings. The van der Waals surface area contributed by atoms with Crippen LogP contribution in [0.25, 0.3) is 0 Å². The maximum Gasteiger partial charge on any atom is 0.269 e. The number of hydrogen-bond donors (Lipinski definition) is 3. The van der Waals surface area contributed by atoms with E-state index in [9.17, 15) is 10.1 Å². The number of rotatable bonds is 9. The molecule has 14 heteroatoms. The van der Waals surface area contributed by atoms with Crippen molar-refractivity contribution in [2.75, 3.05) is 7.05 Å². The second-order valence-corrected chi connectivity index (χ2v) is 14.1. The third kappa shape index (κ3) is 40.9. The quantitative estimate of drug-likeness (QED) is 0.111. The van der Waals surface area contributed by atoms with Crippen molar-refractivity contribution in [3.63, 3.8) is 0 Å². The molecule has 36 heavy (non-hydrogen) atoms. The smallest absolute Gasteiger partial charge is 0.269 e. The first-order valence-electron chi connectivity index (χ1n) is 11.6. The molecule has 3 N–H and O–H groups in total. The lowest BCUT2D eigenvalue weighted by Crippen LogP contribution is -2.33. The number of aliphatic hydroxyl groups excluding tert-OH is 1. The molecule has 0 fully saturated rings. The van der Waals surface area contributed by atoms with E-state index in [0.29, 0.717) is 38.6 Å². The number of nitrogens with zero attached hydrogens (tertiary/aromatic N) is 4. The fourth-order valence-electron chi connectivity index (χ4n) is 2.01. The van der Waals surface area contributed by atoms with Crippen LogP contribution in [-0.4, -0.2) is 46.0 Å². The van der Waals surface area contributed by atoms with Crippen molar-refractivity contribution in [1.29, 1.82) is 0 Å². The molecule has 0 aliphatic heterocycles. The third-order valence-electron chi connectivity index (χ3n) is 2.93. The van der Waals surface area contributed by atoms with Crippen molar-refractivity contribution >= 4 is 54.3 Å². The molecule has 0 saturated carbocycles. The molecule has 0 bridgehead atoms. The highest BCUT2D eigenvalue weighted by atomic mass is 36.0. The first-order chi connectivity index (χ1) is 16.6. The zero-order chi connectivity index (χ0) is 29.3. The van der Waals surface area contributed by atoms with E-state index in [2.05, 4.69) is 62.3 Å². The highest BCUT2D eigenvalue weighted by Gasteiger charge is 2.02. The van der Waals surface area contributed by atoms with Crippen LogP contribution in [0.3, 0.4) is 0 Å². The van der Waals surface area contributed by atoms with Gasteiger partial charge in [0.1, 0.15) is 8.88 Å². The molecule has 9 nitrogen and oxygen atoms in total. The molecule has 0 aliphatic rings. The monoisotopic (exact) mass is 610 g/mol. The van der Waals surface area contributed by atoms with Gasteiger partial charge in [0.15, 0.2) is 5.98 Å². The number of nitro benzene ring substituents is 1. The minimum absolute atomic E-state index is 0.0437. The number of hydrazine groups is 1. The summed E-state index contributed by atoms with van der Waals surface area (Å²) in [5, 5.41) is 26.1. The second kappa shape index (κ2) is 29.3. The van der Waals surface area contributed by atoms with Gasteiger partial charge >= 0.3 is 0 Å². The molecule has 0 amide bonds. The lowest BCUT2D eigenvalue weighted by molar-refractivity contribution is -0.384. The number of nitro groups is 1. The molecule has 1 rings (SSSR count). The van der Waals surface area contributed by atoms with Gasteiger partial charge in [-0.1, -0.05) is 75.3 Å². The number of aliphatic hydroxyl groups is 1. The molecule has 0 aromatic heterocycles. The van der Waals surface area contributed by atoms with Gasteiger partial charge in [-0.2, -0.15) is 10.00 Å². The minimum Gasteiger partial charge on any atom is -0.392 e. The van der Waals surface area contributed by atoms with E-state index in [1.54, 1.807) is 0 Å². The summed E-state index contributed by atoms with van der Waals surface area (Å²) in [5.41, 5.74) is 3.93. The molecule has 0 spiro atoms. The van der Waals surface area contributed by atoms with Crippen molar-refractivity contribution in [2.45, 2.75) is 100 Å². The Hall–Kier alpha value is -0.210. The van der Waals surface area contributed by atoms with Crippen LogP contribution in [0.1, 0.15) is 74.8 Å². The van der Waals surface area contributed by atoms with Crippen molar-refractivity contribution in [2.24, 2.45) is 10.00 Å². The average Bonchev–Trinajstić information content (AvgIpc) is 2.74. The largest absolute Gasteiger partial charge is 0.392 e. The van der Waals surface area contributed by atoms with Crippen LogP contribution in [-0.2, 0) is 6.61 Å². The number of non-ortho nitro benzene ring substituents is 1. The number of nitrogens with one attached hydrogen (secondary N) is 2. The molecule has 1 aromatic carbocycles. The molecule has 0 aliphatic carbocycles. The van der Waals surface area contributed by atoms with Gasteiger partial charge in [0.05, 0.1) is 17.6 Å². The Morgan fingerprint density at radius 3 is 1.67 bits per heavy atom. The van der Waals surface area contributed by atoms with E-state index in [1.807, 2.05) is 39.5 Å². The maximum absolute atomic E-state index is 10.1. The van der Waals surface area contributed by atoms with Crippen LogP contribution in [0, 0.1) is 10.1 Å². The minimum atomic E-state index is -1.20. The zero-order valence-corrected chi connectivity index (χ0v) is 27.6. The van der Waals surface area contributed by atoms with E-state index >= 15 is 0 Å². The molecule has 0 radical (unpaired) electrons. The van der Waals surface area contributed by atoms with Crippen molar-refractivity contribution < 1.29 is 10.0 Å². The molecule has 1 atom stereocenters. The first kappa shape index (κ1) is 42.9. The van der Waals surface area contributed by atoms with Gasteiger partial charge in [0.25, 0.3) is 5.69 Å². The van der Waals surface area contributed by atoms with Crippen LogP contribution in [0.2, 0.25) is 0 Å². The molecule has 214 valence electrons. The van der Waals surface area contributed by atoms with Crippen molar-refractivity contribution in [3.05, 3.63) is 39.9 Å². The number of benzene rings is 1. The van der Waals surface area contributed by atoms with Gasteiger partial charge in [-0.05, 0) is 45.4 Å². The SMILES string of the molecule is CC.CC(C)N=NPN(C)NC(C)C.CC(C)NC(C)C.ClP(Cl)Cl.O=[N+]([O-])c1ccc(CO)cc1. The Bertz CT molecular complexity index is 633. The summed E-state index contributed by atoms with van der Waals surface area (Å²) in [6.45, 7) is 20.8. The van der Waals surface area contributed by atoms with Gasteiger partial charge < -0.3 is 10.4 Å². The summed E-state index contributed by atoms with van der Waals surface area (Å²) in [7, 11) is 2.34. The van der Waals surface area contributed by atoms with E-state index < -0.39 is 10.9 Å². The molecular weight excluding hydrogens is 565 g/mol.